The number of rotatable bonds is 6. The number of anilines is 2. The zero-order chi connectivity index (χ0) is 21.0. The summed E-state index contributed by atoms with van der Waals surface area (Å²) in [5.74, 6) is 0.878. The molecule has 1 amide bonds. The normalized spacial score (nSPS) is 15.7. The fourth-order valence-electron chi connectivity index (χ4n) is 3.80. The standard InChI is InChI=1S/C21H26Cl2N4O2/c1-13-10-18(23)27-19(24)15(13)12-25-21(8-4-3-5-9-21)20(28)26-14-6-7-17(29-2)16(22)11-14/h6-7,10-11,25H,3-5,8-9,12H2,1-2H3,(H2,24,27)(H,26,28). The Labute approximate surface area is 181 Å². The molecule has 1 aromatic carbocycles. The molecule has 2 aromatic rings. The van der Waals surface area contributed by atoms with Crippen molar-refractivity contribution >= 4 is 40.6 Å². The fourth-order valence-corrected chi connectivity index (χ4v) is 4.32. The van der Waals surface area contributed by atoms with Gasteiger partial charge in [0.15, 0.2) is 0 Å². The Kier molecular flexibility index (Phi) is 6.88. The van der Waals surface area contributed by atoms with Crippen molar-refractivity contribution in [3.8, 4) is 5.75 Å². The number of ether oxygens (including phenoxy) is 1. The van der Waals surface area contributed by atoms with Crippen LogP contribution in [0.3, 0.4) is 0 Å². The molecule has 29 heavy (non-hydrogen) atoms. The van der Waals surface area contributed by atoms with E-state index in [0.717, 1.165) is 43.2 Å². The van der Waals surface area contributed by atoms with Crippen LogP contribution in [0.4, 0.5) is 11.5 Å². The lowest BCUT2D eigenvalue weighted by Gasteiger charge is -2.37. The third-order valence-corrected chi connectivity index (χ3v) is 5.99. The Bertz CT molecular complexity index is 875. The Hall–Kier alpha value is -2.02. The highest BCUT2D eigenvalue weighted by Crippen LogP contribution is 2.32. The molecule has 6 nitrogen and oxygen atoms in total. The molecule has 8 heteroatoms. The van der Waals surface area contributed by atoms with Gasteiger partial charge in [-0.2, -0.15) is 0 Å². The van der Waals surface area contributed by atoms with Gasteiger partial charge >= 0.3 is 0 Å². The third kappa shape index (κ3) is 4.94. The van der Waals surface area contributed by atoms with E-state index in [1.165, 1.54) is 0 Å². The molecule has 3 rings (SSSR count). The summed E-state index contributed by atoms with van der Waals surface area (Å²) in [4.78, 5) is 17.4. The predicted octanol–water partition coefficient (Wildman–Crippen LogP) is 4.72. The van der Waals surface area contributed by atoms with Crippen LogP contribution in [0.2, 0.25) is 10.2 Å². The number of aromatic nitrogens is 1. The van der Waals surface area contributed by atoms with Crippen molar-refractivity contribution < 1.29 is 9.53 Å². The van der Waals surface area contributed by atoms with Gasteiger partial charge in [-0.05, 0) is 49.6 Å². The fraction of sp³-hybridized carbons (Fsp3) is 0.429. The van der Waals surface area contributed by atoms with Crippen LogP contribution in [0.1, 0.15) is 43.2 Å². The number of carbonyl (C=O) groups excluding carboxylic acids is 1. The maximum atomic E-state index is 13.3. The van der Waals surface area contributed by atoms with E-state index >= 15 is 0 Å². The second kappa shape index (κ2) is 9.20. The summed E-state index contributed by atoms with van der Waals surface area (Å²) in [5.41, 5.74) is 7.83. The number of hydrogen-bond acceptors (Lipinski definition) is 5. The summed E-state index contributed by atoms with van der Waals surface area (Å²) in [6.45, 7) is 2.38. The number of methoxy groups -OCH3 is 1. The van der Waals surface area contributed by atoms with Crippen molar-refractivity contribution in [3.63, 3.8) is 0 Å². The largest absolute Gasteiger partial charge is 0.495 e. The van der Waals surface area contributed by atoms with Crippen LogP contribution in [0, 0.1) is 6.92 Å². The third-order valence-electron chi connectivity index (χ3n) is 5.50. The number of carbonyl (C=O) groups is 1. The maximum absolute atomic E-state index is 13.3. The molecule has 0 atom stereocenters. The first-order valence-corrected chi connectivity index (χ1v) is 10.4. The molecule has 1 aliphatic rings. The van der Waals surface area contributed by atoms with Gasteiger partial charge in [0.05, 0.1) is 17.7 Å². The van der Waals surface area contributed by atoms with E-state index in [4.69, 9.17) is 33.7 Å². The highest BCUT2D eigenvalue weighted by molar-refractivity contribution is 6.32. The molecule has 0 spiro atoms. The number of pyridine rings is 1. The first-order valence-electron chi connectivity index (χ1n) is 9.66. The summed E-state index contributed by atoms with van der Waals surface area (Å²) in [6, 6.07) is 6.99. The maximum Gasteiger partial charge on any atom is 0.244 e. The monoisotopic (exact) mass is 436 g/mol. The zero-order valence-corrected chi connectivity index (χ0v) is 18.2. The van der Waals surface area contributed by atoms with Crippen molar-refractivity contribution in [1.29, 1.82) is 0 Å². The molecule has 1 fully saturated rings. The summed E-state index contributed by atoms with van der Waals surface area (Å²) >= 11 is 12.2. The molecular weight excluding hydrogens is 411 g/mol. The van der Waals surface area contributed by atoms with Gasteiger partial charge < -0.3 is 15.8 Å². The number of halogens is 2. The SMILES string of the molecule is COc1ccc(NC(=O)C2(NCc3c(C)cc(Cl)nc3N)CCCCC2)cc1Cl. The number of hydrogen-bond donors (Lipinski definition) is 3. The molecule has 156 valence electrons. The summed E-state index contributed by atoms with van der Waals surface area (Å²) in [6.07, 6.45) is 4.59. The Morgan fingerprint density at radius 1 is 1.24 bits per heavy atom. The van der Waals surface area contributed by atoms with Crippen LogP contribution in [-0.2, 0) is 11.3 Å². The molecule has 1 aromatic heterocycles. The van der Waals surface area contributed by atoms with Crippen LogP contribution in [0.5, 0.6) is 5.75 Å². The minimum atomic E-state index is -0.677. The van der Waals surface area contributed by atoms with Gasteiger partial charge in [0, 0.05) is 17.8 Å². The van der Waals surface area contributed by atoms with Crippen LogP contribution in [-0.4, -0.2) is 23.5 Å². The van der Waals surface area contributed by atoms with Gasteiger partial charge in [-0.15, -0.1) is 0 Å². The Morgan fingerprint density at radius 2 is 1.97 bits per heavy atom. The summed E-state index contributed by atoms with van der Waals surface area (Å²) in [7, 11) is 1.56. The predicted molar refractivity (Wildman–Crippen MR) is 118 cm³/mol. The number of nitrogens with two attached hydrogens (primary N) is 1. The van der Waals surface area contributed by atoms with Crippen LogP contribution < -0.4 is 21.1 Å². The Balaban J connectivity index is 1.79. The van der Waals surface area contributed by atoms with Gasteiger partial charge in [-0.25, -0.2) is 4.98 Å². The molecule has 1 aliphatic carbocycles. The molecule has 0 saturated heterocycles. The minimum absolute atomic E-state index is 0.0726. The topological polar surface area (TPSA) is 89.3 Å². The van der Waals surface area contributed by atoms with E-state index < -0.39 is 5.54 Å². The van der Waals surface area contributed by atoms with Crippen molar-refractivity contribution in [3.05, 3.63) is 45.6 Å². The van der Waals surface area contributed by atoms with E-state index in [9.17, 15) is 4.79 Å². The van der Waals surface area contributed by atoms with Crippen molar-refractivity contribution in [2.24, 2.45) is 0 Å². The van der Waals surface area contributed by atoms with Crippen LogP contribution in [0.25, 0.3) is 0 Å². The van der Waals surface area contributed by atoms with Crippen molar-refractivity contribution in [2.45, 2.75) is 51.1 Å². The average molecular weight is 437 g/mol. The van der Waals surface area contributed by atoms with Gasteiger partial charge in [-0.3, -0.25) is 10.1 Å². The number of nitrogen functional groups attached to an aromatic ring is 1. The van der Waals surface area contributed by atoms with Crippen molar-refractivity contribution in [2.75, 3.05) is 18.2 Å². The molecule has 0 unspecified atom stereocenters. The highest BCUT2D eigenvalue weighted by atomic mass is 35.5. The number of nitrogens with zero attached hydrogens (tertiary/aromatic N) is 1. The first-order chi connectivity index (χ1) is 13.8. The lowest BCUT2D eigenvalue weighted by atomic mass is 9.80. The van der Waals surface area contributed by atoms with Crippen LogP contribution in [0.15, 0.2) is 24.3 Å². The smallest absolute Gasteiger partial charge is 0.244 e. The van der Waals surface area contributed by atoms with Gasteiger partial charge in [0.2, 0.25) is 5.91 Å². The van der Waals surface area contributed by atoms with E-state index in [0.29, 0.717) is 34.0 Å². The number of amides is 1. The second-order valence-corrected chi connectivity index (χ2v) is 8.22. The van der Waals surface area contributed by atoms with Gasteiger partial charge in [0.25, 0.3) is 0 Å². The molecule has 4 N–H and O–H groups in total. The lowest BCUT2D eigenvalue weighted by molar-refractivity contribution is -0.123. The molecular formula is C21H26Cl2N4O2. The highest BCUT2D eigenvalue weighted by Gasteiger charge is 2.39. The minimum Gasteiger partial charge on any atom is -0.495 e. The number of aryl methyl sites for hydroxylation is 1. The van der Waals surface area contributed by atoms with Crippen molar-refractivity contribution in [1.82, 2.24) is 10.3 Å². The molecule has 0 bridgehead atoms. The van der Waals surface area contributed by atoms with E-state index in [1.807, 2.05) is 6.92 Å². The summed E-state index contributed by atoms with van der Waals surface area (Å²) in [5, 5.41) is 7.30. The second-order valence-electron chi connectivity index (χ2n) is 7.43. The number of nitrogens with one attached hydrogen (secondary N) is 2. The molecule has 0 aliphatic heterocycles. The number of benzene rings is 1. The van der Waals surface area contributed by atoms with Gasteiger partial charge in [0.1, 0.15) is 16.7 Å². The first kappa shape index (κ1) is 21.7. The van der Waals surface area contributed by atoms with E-state index in [1.54, 1.807) is 31.4 Å². The zero-order valence-electron chi connectivity index (χ0n) is 16.6. The average Bonchev–Trinajstić information content (AvgIpc) is 2.68. The quantitative estimate of drug-likeness (QED) is 0.569. The van der Waals surface area contributed by atoms with Crippen LogP contribution >= 0.6 is 23.2 Å². The molecule has 0 radical (unpaired) electrons. The molecule has 1 heterocycles. The summed E-state index contributed by atoms with van der Waals surface area (Å²) < 4.78 is 5.18. The van der Waals surface area contributed by atoms with Gasteiger partial charge in [-0.1, -0.05) is 42.5 Å². The Morgan fingerprint density at radius 3 is 2.59 bits per heavy atom. The molecule has 1 saturated carbocycles. The lowest BCUT2D eigenvalue weighted by Crippen LogP contribution is -2.55. The van der Waals surface area contributed by atoms with E-state index in [-0.39, 0.29) is 5.91 Å². The van der Waals surface area contributed by atoms with E-state index in [2.05, 4.69) is 15.6 Å².